The molecule has 3 aromatic rings. The third-order valence-electron chi connectivity index (χ3n) is 3.74. The summed E-state index contributed by atoms with van der Waals surface area (Å²) in [6.45, 7) is 6.34. The van der Waals surface area contributed by atoms with Crippen molar-refractivity contribution in [3.8, 4) is 11.6 Å². The van der Waals surface area contributed by atoms with Crippen LogP contribution in [-0.4, -0.2) is 21.0 Å². The average Bonchev–Trinajstić information content (AvgIpc) is 2.64. The summed E-state index contributed by atoms with van der Waals surface area (Å²) < 4.78 is 6.04. The number of aromatic nitrogens is 3. The quantitative estimate of drug-likeness (QED) is 0.707. The molecule has 2 N–H and O–H groups in total. The standard InChI is InChI=1S/C20H21N5O2/c1-20(2,3)14-7-4-5-9-16(14)27-18-15(8-6-11-22-18)24-19(26)25-17-10-12-21-13-23-17/h4-13H,1-3H3,(H2,21,23,24,25,26). The highest BCUT2D eigenvalue weighted by atomic mass is 16.5. The lowest BCUT2D eigenvalue weighted by Crippen LogP contribution is -2.20. The second kappa shape index (κ2) is 7.82. The number of nitrogens with zero attached hydrogens (tertiary/aromatic N) is 3. The molecule has 7 nitrogen and oxygen atoms in total. The summed E-state index contributed by atoms with van der Waals surface area (Å²) in [5.74, 6) is 1.40. The monoisotopic (exact) mass is 363 g/mol. The van der Waals surface area contributed by atoms with Crippen LogP contribution in [0.3, 0.4) is 0 Å². The van der Waals surface area contributed by atoms with Gasteiger partial charge in [0.1, 0.15) is 23.6 Å². The van der Waals surface area contributed by atoms with E-state index in [4.69, 9.17) is 4.74 Å². The molecule has 0 fully saturated rings. The molecule has 0 spiro atoms. The molecule has 0 atom stereocenters. The van der Waals surface area contributed by atoms with Crippen molar-refractivity contribution in [2.45, 2.75) is 26.2 Å². The number of para-hydroxylation sites is 1. The third kappa shape index (κ3) is 4.78. The third-order valence-corrected chi connectivity index (χ3v) is 3.74. The zero-order chi connectivity index (χ0) is 19.3. The number of pyridine rings is 1. The van der Waals surface area contributed by atoms with Crippen molar-refractivity contribution in [1.82, 2.24) is 15.0 Å². The Bertz CT molecular complexity index is 923. The Morgan fingerprint density at radius 3 is 2.52 bits per heavy atom. The van der Waals surface area contributed by atoms with Crippen LogP contribution < -0.4 is 15.4 Å². The van der Waals surface area contributed by atoms with Crippen LogP contribution in [0.4, 0.5) is 16.3 Å². The normalized spacial score (nSPS) is 10.9. The minimum absolute atomic E-state index is 0.0939. The molecule has 27 heavy (non-hydrogen) atoms. The van der Waals surface area contributed by atoms with Gasteiger partial charge in [-0.25, -0.2) is 19.7 Å². The Morgan fingerprint density at radius 2 is 1.78 bits per heavy atom. The molecule has 0 aliphatic heterocycles. The first-order chi connectivity index (χ1) is 12.9. The predicted octanol–water partition coefficient (Wildman–Crippen LogP) is 4.61. The minimum Gasteiger partial charge on any atom is -0.437 e. The van der Waals surface area contributed by atoms with Gasteiger partial charge in [0.05, 0.1) is 0 Å². The molecule has 138 valence electrons. The molecule has 0 radical (unpaired) electrons. The minimum atomic E-state index is -0.448. The smallest absolute Gasteiger partial charge is 0.325 e. The van der Waals surface area contributed by atoms with E-state index in [1.54, 1.807) is 30.6 Å². The number of carbonyl (C=O) groups is 1. The summed E-state index contributed by atoms with van der Waals surface area (Å²) >= 11 is 0. The van der Waals surface area contributed by atoms with Gasteiger partial charge in [-0.05, 0) is 29.7 Å². The highest BCUT2D eigenvalue weighted by Gasteiger charge is 2.20. The SMILES string of the molecule is CC(C)(C)c1ccccc1Oc1ncccc1NC(=O)Nc1ccncn1. The molecular formula is C20H21N5O2. The highest BCUT2D eigenvalue weighted by Crippen LogP contribution is 2.35. The maximum atomic E-state index is 12.2. The van der Waals surface area contributed by atoms with Gasteiger partial charge < -0.3 is 10.1 Å². The second-order valence-electron chi connectivity index (χ2n) is 6.88. The van der Waals surface area contributed by atoms with Crippen LogP contribution in [0.2, 0.25) is 0 Å². The Kier molecular flexibility index (Phi) is 5.30. The van der Waals surface area contributed by atoms with Crippen LogP contribution in [0.15, 0.2) is 61.2 Å². The van der Waals surface area contributed by atoms with Gasteiger partial charge >= 0.3 is 6.03 Å². The van der Waals surface area contributed by atoms with E-state index in [1.165, 1.54) is 6.33 Å². The number of anilines is 2. The van der Waals surface area contributed by atoms with Crippen LogP contribution in [-0.2, 0) is 5.41 Å². The molecule has 2 amide bonds. The summed E-state index contributed by atoms with van der Waals surface area (Å²) in [4.78, 5) is 24.3. The molecule has 1 aromatic carbocycles. The van der Waals surface area contributed by atoms with Gasteiger partial charge in [-0.3, -0.25) is 5.32 Å². The van der Waals surface area contributed by atoms with E-state index in [9.17, 15) is 4.79 Å². The van der Waals surface area contributed by atoms with Crippen LogP contribution in [0.25, 0.3) is 0 Å². The maximum absolute atomic E-state index is 12.2. The van der Waals surface area contributed by atoms with Gasteiger partial charge in [0.15, 0.2) is 0 Å². The summed E-state index contributed by atoms with van der Waals surface area (Å²) in [5.41, 5.74) is 1.41. The van der Waals surface area contributed by atoms with Crippen molar-refractivity contribution in [3.05, 3.63) is 66.7 Å². The molecule has 0 aliphatic rings. The number of benzene rings is 1. The summed E-state index contributed by atoms with van der Waals surface area (Å²) in [6.07, 6.45) is 4.52. The Balaban J connectivity index is 1.80. The highest BCUT2D eigenvalue weighted by molar-refractivity contribution is 5.99. The zero-order valence-electron chi connectivity index (χ0n) is 15.4. The van der Waals surface area contributed by atoms with E-state index in [-0.39, 0.29) is 5.41 Å². The van der Waals surface area contributed by atoms with Gasteiger partial charge in [0, 0.05) is 18.0 Å². The van der Waals surface area contributed by atoms with E-state index < -0.39 is 6.03 Å². The zero-order valence-corrected chi connectivity index (χ0v) is 15.4. The van der Waals surface area contributed by atoms with Crippen LogP contribution in [0, 0.1) is 0 Å². The van der Waals surface area contributed by atoms with E-state index in [1.807, 2.05) is 24.3 Å². The first-order valence-corrected chi connectivity index (χ1v) is 8.50. The van der Waals surface area contributed by atoms with Crippen molar-refractivity contribution < 1.29 is 9.53 Å². The van der Waals surface area contributed by atoms with E-state index >= 15 is 0 Å². The number of urea groups is 1. The van der Waals surface area contributed by atoms with Crippen molar-refractivity contribution in [2.75, 3.05) is 10.6 Å². The largest absolute Gasteiger partial charge is 0.437 e. The van der Waals surface area contributed by atoms with Crippen molar-refractivity contribution in [1.29, 1.82) is 0 Å². The summed E-state index contributed by atoms with van der Waals surface area (Å²) in [6, 6.07) is 12.4. The van der Waals surface area contributed by atoms with Crippen LogP contribution in [0.5, 0.6) is 11.6 Å². The lowest BCUT2D eigenvalue weighted by Gasteiger charge is -2.22. The lowest BCUT2D eigenvalue weighted by molar-refractivity contribution is 0.262. The van der Waals surface area contributed by atoms with Crippen LogP contribution in [0.1, 0.15) is 26.3 Å². The van der Waals surface area contributed by atoms with Gasteiger partial charge in [-0.1, -0.05) is 39.0 Å². The van der Waals surface area contributed by atoms with Gasteiger partial charge in [-0.2, -0.15) is 0 Å². The average molecular weight is 363 g/mol. The lowest BCUT2D eigenvalue weighted by atomic mass is 9.86. The van der Waals surface area contributed by atoms with E-state index in [2.05, 4.69) is 46.4 Å². The number of hydrogen-bond acceptors (Lipinski definition) is 5. The number of rotatable bonds is 4. The topological polar surface area (TPSA) is 89.0 Å². The summed E-state index contributed by atoms with van der Waals surface area (Å²) in [7, 11) is 0. The molecule has 0 aliphatic carbocycles. The molecule has 7 heteroatoms. The van der Waals surface area contributed by atoms with E-state index in [0.29, 0.717) is 23.1 Å². The fourth-order valence-electron chi connectivity index (χ4n) is 2.48. The second-order valence-corrected chi connectivity index (χ2v) is 6.88. The Morgan fingerprint density at radius 1 is 0.963 bits per heavy atom. The predicted molar refractivity (Wildman–Crippen MR) is 104 cm³/mol. The van der Waals surface area contributed by atoms with Crippen LogP contribution >= 0.6 is 0 Å². The number of nitrogens with one attached hydrogen (secondary N) is 2. The molecule has 0 saturated carbocycles. The van der Waals surface area contributed by atoms with Crippen molar-refractivity contribution in [3.63, 3.8) is 0 Å². The maximum Gasteiger partial charge on any atom is 0.325 e. The first-order valence-electron chi connectivity index (χ1n) is 8.50. The van der Waals surface area contributed by atoms with Gasteiger partial charge in [-0.15, -0.1) is 0 Å². The fourth-order valence-corrected chi connectivity index (χ4v) is 2.48. The number of carbonyl (C=O) groups excluding carboxylic acids is 1. The Labute approximate surface area is 157 Å². The number of ether oxygens (including phenoxy) is 1. The van der Waals surface area contributed by atoms with Crippen molar-refractivity contribution >= 4 is 17.5 Å². The molecule has 2 aromatic heterocycles. The van der Waals surface area contributed by atoms with Crippen molar-refractivity contribution in [2.24, 2.45) is 0 Å². The molecule has 0 bridgehead atoms. The molecular weight excluding hydrogens is 342 g/mol. The molecule has 0 saturated heterocycles. The molecule has 0 unspecified atom stereocenters. The first kappa shape index (κ1) is 18.3. The fraction of sp³-hybridized carbons (Fsp3) is 0.200. The van der Waals surface area contributed by atoms with Gasteiger partial charge in [0.2, 0.25) is 5.88 Å². The number of hydrogen-bond donors (Lipinski definition) is 2. The summed E-state index contributed by atoms with van der Waals surface area (Å²) in [5, 5.41) is 5.37. The van der Waals surface area contributed by atoms with E-state index in [0.717, 1.165) is 5.56 Å². The Hall–Kier alpha value is -3.48. The number of amides is 2. The molecule has 2 heterocycles. The van der Waals surface area contributed by atoms with Gasteiger partial charge in [0.25, 0.3) is 0 Å². The molecule has 3 rings (SSSR count).